The number of hydrogen-bond acceptors (Lipinski definition) is 6. The summed E-state index contributed by atoms with van der Waals surface area (Å²) in [6.45, 7) is 6.54. The van der Waals surface area contributed by atoms with Crippen molar-refractivity contribution in [3.63, 3.8) is 0 Å². The summed E-state index contributed by atoms with van der Waals surface area (Å²) in [6, 6.07) is 0. The van der Waals surface area contributed by atoms with E-state index >= 15 is 0 Å². The van der Waals surface area contributed by atoms with E-state index in [1.165, 1.54) is 193 Å². The highest BCUT2D eigenvalue weighted by atomic mass is 16.6. The third-order valence-electron chi connectivity index (χ3n) is 13.3. The van der Waals surface area contributed by atoms with Crippen molar-refractivity contribution in [1.82, 2.24) is 0 Å². The lowest BCUT2D eigenvalue weighted by Crippen LogP contribution is -2.30. The summed E-state index contributed by atoms with van der Waals surface area (Å²) in [5, 5.41) is 0. The third-order valence-corrected chi connectivity index (χ3v) is 13.3. The zero-order valence-electron chi connectivity index (χ0n) is 46.1. The van der Waals surface area contributed by atoms with E-state index in [0.29, 0.717) is 19.3 Å². The molecule has 6 heteroatoms. The van der Waals surface area contributed by atoms with Gasteiger partial charge in [-0.15, -0.1) is 0 Å². The maximum Gasteiger partial charge on any atom is 0.306 e. The molecule has 0 aromatic heterocycles. The van der Waals surface area contributed by atoms with Crippen molar-refractivity contribution in [2.75, 3.05) is 13.2 Å². The molecule has 0 N–H and O–H groups in total. The molecule has 0 saturated heterocycles. The topological polar surface area (TPSA) is 78.9 Å². The highest BCUT2D eigenvalue weighted by Gasteiger charge is 2.19. The largest absolute Gasteiger partial charge is 0.462 e. The van der Waals surface area contributed by atoms with Gasteiger partial charge in [0.15, 0.2) is 6.10 Å². The summed E-state index contributed by atoms with van der Waals surface area (Å²) in [5.41, 5.74) is 0. The van der Waals surface area contributed by atoms with E-state index < -0.39 is 6.10 Å². The van der Waals surface area contributed by atoms with E-state index in [9.17, 15) is 14.4 Å². The summed E-state index contributed by atoms with van der Waals surface area (Å²) >= 11 is 0. The maximum atomic E-state index is 12.8. The number of ether oxygens (including phenoxy) is 3. The number of carbonyl (C=O) groups is 3. The van der Waals surface area contributed by atoms with Gasteiger partial charge in [-0.2, -0.15) is 0 Å². The number of rotatable bonds is 55. The zero-order valence-corrected chi connectivity index (χ0v) is 46.1. The first-order valence-corrected chi connectivity index (χ1v) is 30.1. The first-order valence-electron chi connectivity index (χ1n) is 30.1. The lowest BCUT2D eigenvalue weighted by atomic mass is 10.0. The summed E-state index contributed by atoms with van der Waals surface area (Å²) in [4.78, 5) is 38.1. The lowest BCUT2D eigenvalue weighted by Gasteiger charge is -2.18. The van der Waals surface area contributed by atoms with Crippen LogP contribution in [0.3, 0.4) is 0 Å². The molecular weight excluding hydrogens is 853 g/mol. The molecule has 0 radical (unpaired) electrons. The Bertz CT molecular complexity index is 1200. The Morgan fingerprint density at radius 1 is 0.304 bits per heavy atom. The fourth-order valence-corrected chi connectivity index (χ4v) is 8.81. The predicted molar refractivity (Wildman–Crippen MR) is 298 cm³/mol. The Kier molecular flexibility index (Phi) is 55.7. The van der Waals surface area contributed by atoms with Crippen LogP contribution in [0.1, 0.15) is 316 Å². The lowest BCUT2D eigenvalue weighted by molar-refractivity contribution is -0.167. The molecule has 0 aromatic carbocycles. The molecule has 0 rings (SSSR count). The first-order chi connectivity index (χ1) is 34.0. The smallest absolute Gasteiger partial charge is 0.306 e. The van der Waals surface area contributed by atoms with Gasteiger partial charge in [0.2, 0.25) is 0 Å². The minimum Gasteiger partial charge on any atom is -0.462 e. The second-order valence-electron chi connectivity index (χ2n) is 20.2. The second-order valence-corrected chi connectivity index (χ2v) is 20.2. The number of carbonyl (C=O) groups excluding carboxylic acids is 3. The average molecular weight is 968 g/mol. The second kappa shape index (κ2) is 57.9. The van der Waals surface area contributed by atoms with Gasteiger partial charge in [-0.1, -0.05) is 268 Å². The van der Waals surface area contributed by atoms with Crippen LogP contribution >= 0.6 is 0 Å². The Morgan fingerprint density at radius 3 is 0.899 bits per heavy atom. The van der Waals surface area contributed by atoms with Gasteiger partial charge in [-0.3, -0.25) is 14.4 Å². The number of hydrogen-bond donors (Lipinski definition) is 0. The van der Waals surface area contributed by atoms with Crippen molar-refractivity contribution in [2.24, 2.45) is 0 Å². The molecule has 1 unspecified atom stereocenters. The van der Waals surface area contributed by atoms with Crippen LogP contribution in [0.2, 0.25) is 0 Å². The van der Waals surface area contributed by atoms with Gasteiger partial charge in [0, 0.05) is 19.3 Å². The monoisotopic (exact) mass is 967 g/mol. The molecule has 0 aliphatic carbocycles. The molecular formula is C63H114O6. The number of unbranched alkanes of at least 4 members (excludes halogenated alkanes) is 36. The van der Waals surface area contributed by atoms with Gasteiger partial charge in [-0.05, 0) is 77.0 Å². The molecule has 6 nitrogen and oxygen atoms in total. The van der Waals surface area contributed by atoms with Gasteiger partial charge in [0.1, 0.15) is 13.2 Å². The van der Waals surface area contributed by atoms with E-state index in [-0.39, 0.29) is 31.1 Å². The Hall–Kier alpha value is -2.63. The van der Waals surface area contributed by atoms with Gasteiger partial charge in [0.25, 0.3) is 0 Å². The van der Waals surface area contributed by atoms with Gasteiger partial charge >= 0.3 is 17.9 Å². The maximum absolute atomic E-state index is 12.8. The molecule has 0 aromatic rings. The normalized spacial score (nSPS) is 12.3. The summed E-state index contributed by atoms with van der Waals surface area (Å²) in [6.07, 6.45) is 71.2. The molecule has 0 heterocycles. The van der Waals surface area contributed by atoms with Gasteiger partial charge in [-0.25, -0.2) is 0 Å². The zero-order chi connectivity index (χ0) is 50.0. The van der Waals surface area contributed by atoms with Crippen molar-refractivity contribution in [2.45, 2.75) is 322 Å². The highest BCUT2D eigenvalue weighted by Crippen LogP contribution is 2.17. The van der Waals surface area contributed by atoms with E-state index in [1.807, 2.05) is 0 Å². The van der Waals surface area contributed by atoms with Crippen LogP contribution in [0, 0.1) is 0 Å². The van der Waals surface area contributed by atoms with Crippen molar-refractivity contribution in [3.8, 4) is 0 Å². The van der Waals surface area contributed by atoms with Crippen molar-refractivity contribution < 1.29 is 28.6 Å². The van der Waals surface area contributed by atoms with Crippen molar-refractivity contribution in [3.05, 3.63) is 48.6 Å². The van der Waals surface area contributed by atoms with Crippen LogP contribution in [0.15, 0.2) is 48.6 Å². The van der Waals surface area contributed by atoms with E-state index in [1.54, 1.807) is 0 Å². The predicted octanol–water partition coefficient (Wildman–Crippen LogP) is 20.2. The Morgan fingerprint density at radius 2 is 0.565 bits per heavy atom. The number of allylic oxidation sites excluding steroid dienone is 8. The molecule has 0 aliphatic rings. The van der Waals surface area contributed by atoms with Crippen LogP contribution in [0.25, 0.3) is 0 Å². The van der Waals surface area contributed by atoms with Crippen LogP contribution in [0.4, 0.5) is 0 Å². The summed E-state index contributed by atoms with van der Waals surface area (Å²) in [5.74, 6) is -0.872. The molecule has 0 fully saturated rings. The van der Waals surface area contributed by atoms with Gasteiger partial charge in [0.05, 0.1) is 0 Å². The van der Waals surface area contributed by atoms with Crippen LogP contribution < -0.4 is 0 Å². The van der Waals surface area contributed by atoms with Crippen LogP contribution in [-0.4, -0.2) is 37.2 Å². The summed E-state index contributed by atoms with van der Waals surface area (Å²) < 4.78 is 16.8. The molecule has 0 saturated carbocycles. The summed E-state index contributed by atoms with van der Waals surface area (Å²) in [7, 11) is 0. The van der Waals surface area contributed by atoms with Crippen molar-refractivity contribution >= 4 is 17.9 Å². The average Bonchev–Trinajstić information content (AvgIpc) is 3.35. The molecule has 0 spiro atoms. The van der Waals surface area contributed by atoms with Crippen molar-refractivity contribution in [1.29, 1.82) is 0 Å². The van der Waals surface area contributed by atoms with Crippen LogP contribution in [0.5, 0.6) is 0 Å². The minimum absolute atomic E-state index is 0.0742. The molecule has 0 aliphatic heterocycles. The quantitative estimate of drug-likeness (QED) is 0.0262. The minimum atomic E-state index is -0.775. The molecule has 402 valence electrons. The molecule has 69 heavy (non-hydrogen) atoms. The fourth-order valence-electron chi connectivity index (χ4n) is 8.81. The fraction of sp³-hybridized carbons (Fsp3) is 0.825. The number of esters is 3. The third kappa shape index (κ3) is 56.2. The van der Waals surface area contributed by atoms with Crippen LogP contribution in [-0.2, 0) is 28.6 Å². The molecule has 0 bridgehead atoms. The van der Waals surface area contributed by atoms with E-state index in [2.05, 4.69) is 69.4 Å². The van der Waals surface area contributed by atoms with Gasteiger partial charge < -0.3 is 14.2 Å². The molecule has 1 atom stereocenters. The highest BCUT2D eigenvalue weighted by molar-refractivity contribution is 5.71. The standard InChI is InChI=1S/C63H114O6/c1-4-7-10-13-16-19-21-23-25-27-28-29-30-31-32-33-34-36-37-39-41-44-47-50-53-56-62(65)68-59-60(58-67-61(64)55-52-49-46-43-18-15-12-9-6-3)69-63(66)57-54-51-48-45-42-40-38-35-26-24-22-20-17-14-11-8-5-2/h8,11,17,20,24,26-28,60H,4-7,9-10,12-16,18-19,21-23,25,29-59H2,1-3H3/b11-8-,20-17-,26-24-,28-27-. The SMILES string of the molecule is CC/C=C\C/C=C\C/C=C\CCCCCCCCCC(=O)OC(COC(=O)CCCCCCCCCCC)COC(=O)CCCCCCCCCCCCCCC/C=C\CCCCCCCCCC. The molecule has 0 amide bonds. The Labute approximate surface area is 428 Å². The Balaban J connectivity index is 4.18. The van der Waals surface area contributed by atoms with E-state index in [0.717, 1.165) is 83.5 Å². The van der Waals surface area contributed by atoms with E-state index in [4.69, 9.17) is 14.2 Å². The first kappa shape index (κ1) is 66.4.